The molecule has 1 aliphatic rings. The molecular weight excluding hydrogens is 288 g/mol. The summed E-state index contributed by atoms with van der Waals surface area (Å²) in [6.07, 6.45) is 1.69. The molecule has 0 radical (unpaired) electrons. The molecule has 0 N–H and O–H groups in total. The van der Waals surface area contributed by atoms with Gasteiger partial charge in [-0.15, -0.1) is 0 Å². The number of hydrogen-bond donors (Lipinski definition) is 0. The van der Waals surface area contributed by atoms with Gasteiger partial charge >= 0.3 is 6.09 Å². The zero-order chi connectivity index (χ0) is 17.3. The smallest absolute Gasteiger partial charge is 0.410 e. The summed E-state index contributed by atoms with van der Waals surface area (Å²) in [5.41, 5.74) is 1.91. The van der Waals surface area contributed by atoms with E-state index in [1.165, 1.54) is 0 Å². The minimum absolute atomic E-state index is 0.0627. The lowest BCUT2D eigenvalue weighted by atomic mass is 9.89. The molecule has 23 heavy (non-hydrogen) atoms. The molecule has 1 aliphatic heterocycles. The van der Waals surface area contributed by atoms with Crippen molar-refractivity contribution in [1.29, 1.82) is 0 Å². The van der Waals surface area contributed by atoms with E-state index in [9.17, 15) is 4.79 Å². The SMILES string of the molecule is CC(C)(C)OC(=O)N1CCC(c2cccc(C(C)(C)C)n2)CC1. The molecule has 1 aromatic rings. The molecule has 0 atom stereocenters. The minimum Gasteiger partial charge on any atom is -0.444 e. The Labute approximate surface area is 140 Å². The molecule has 1 saturated heterocycles. The van der Waals surface area contributed by atoms with Gasteiger partial charge in [-0.05, 0) is 45.7 Å². The molecule has 2 heterocycles. The monoisotopic (exact) mass is 318 g/mol. The van der Waals surface area contributed by atoms with Crippen LogP contribution in [0.5, 0.6) is 0 Å². The van der Waals surface area contributed by atoms with Crippen LogP contribution in [0.2, 0.25) is 0 Å². The summed E-state index contributed by atoms with van der Waals surface area (Å²) in [4.78, 5) is 18.8. The van der Waals surface area contributed by atoms with Crippen LogP contribution < -0.4 is 0 Å². The van der Waals surface area contributed by atoms with Gasteiger partial charge in [-0.25, -0.2) is 4.79 Å². The van der Waals surface area contributed by atoms with Gasteiger partial charge in [0, 0.05) is 35.8 Å². The lowest BCUT2D eigenvalue weighted by Gasteiger charge is -2.33. The number of likely N-dealkylation sites (tertiary alicyclic amines) is 1. The van der Waals surface area contributed by atoms with Gasteiger partial charge in [-0.3, -0.25) is 4.98 Å². The normalized spacial score (nSPS) is 17.2. The summed E-state index contributed by atoms with van der Waals surface area (Å²) in [6.45, 7) is 13.7. The first kappa shape index (κ1) is 17.8. The van der Waals surface area contributed by atoms with E-state index in [1.807, 2.05) is 25.7 Å². The minimum atomic E-state index is -0.434. The molecule has 4 nitrogen and oxygen atoms in total. The van der Waals surface area contributed by atoms with E-state index in [0.717, 1.165) is 37.3 Å². The Kier molecular flexibility index (Phi) is 5.02. The van der Waals surface area contributed by atoms with Crippen LogP contribution in [0.4, 0.5) is 4.79 Å². The lowest BCUT2D eigenvalue weighted by Crippen LogP contribution is -2.41. The van der Waals surface area contributed by atoms with Crippen LogP contribution in [-0.2, 0) is 10.2 Å². The van der Waals surface area contributed by atoms with E-state index in [0.29, 0.717) is 5.92 Å². The first-order chi connectivity index (χ1) is 10.6. The third-order valence-electron chi connectivity index (χ3n) is 4.10. The van der Waals surface area contributed by atoms with Crippen molar-refractivity contribution in [3.05, 3.63) is 29.6 Å². The maximum Gasteiger partial charge on any atom is 0.410 e. The van der Waals surface area contributed by atoms with Crippen LogP contribution >= 0.6 is 0 Å². The fraction of sp³-hybridized carbons (Fsp3) is 0.684. The van der Waals surface area contributed by atoms with Crippen LogP contribution in [0.3, 0.4) is 0 Å². The van der Waals surface area contributed by atoms with Crippen LogP contribution in [-0.4, -0.2) is 34.7 Å². The summed E-state index contributed by atoms with van der Waals surface area (Å²) in [5, 5.41) is 0. The highest BCUT2D eigenvalue weighted by atomic mass is 16.6. The van der Waals surface area contributed by atoms with Gasteiger partial charge in [0.05, 0.1) is 0 Å². The lowest BCUT2D eigenvalue weighted by molar-refractivity contribution is 0.0204. The van der Waals surface area contributed by atoms with Crippen LogP contribution in [0.1, 0.15) is 71.7 Å². The molecule has 1 fully saturated rings. The van der Waals surface area contributed by atoms with Gasteiger partial charge in [-0.1, -0.05) is 26.8 Å². The first-order valence-electron chi connectivity index (χ1n) is 8.51. The van der Waals surface area contributed by atoms with E-state index < -0.39 is 5.60 Å². The third kappa shape index (κ3) is 4.95. The Morgan fingerprint density at radius 2 is 1.74 bits per heavy atom. The summed E-state index contributed by atoms with van der Waals surface area (Å²) in [5.74, 6) is 0.427. The van der Waals surface area contributed by atoms with Crippen molar-refractivity contribution in [3.8, 4) is 0 Å². The largest absolute Gasteiger partial charge is 0.444 e. The average Bonchev–Trinajstić information content (AvgIpc) is 2.45. The molecule has 128 valence electrons. The number of carbonyl (C=O) groups is 1. The maximum atomic E-state index is 12.1. The number of ether oxygens (including phenoxy) is 1. The van der Waals surface area contributed by atoms with Gasteiger partial charge in [-0.2, -0.15) is 0 Å². The molecule has 1 aromatic heterocycles. The maximum absolute atomic E-state index is 12.1. The van der Waals surface area contributed by atoms with Crippen molar-refractivity contribution in [2.75, 3.05) is 13.1 Å². The second-order valence-electron chi connectivity index (χ2n) is 8.44. The van der Waals surface area contributed by atoms with E-state index in [2.05, 4.69) is 39.0 Å². The number of carbonyl (C=O) groups excluding carboxylic acids is 1. The zero-order valence-electron chi connectivity index (χ0n) is 15.3. The molecule has 2 rings (SSSR count). The van der Waals surface area contributed by atoms with Crippen molar-refractivity contribution in [2.45, 2.75) is 71.3 Å². The Balaban J connectivity index is 1.98. The fourth-order valence-corrected chi connectivity index (χ4v) is 2.78. The number of aromatic nitrogens is 1. The summed E-state index contributed by atoms with van der Waals surface area (Å²) in [6, 6.07) is 6.31. The number of nitrogens with zero attached hydrogens (tertiary/aromatic N) is 2. The Morgan fingerprint density at radius 1 is 1.13 bits per heavy atom. The third-order valence-corrected chi connectivity index (χ3v) is 4.10. The molecule has 1 amide bonds. The van der Waals surface area contributed by atoms with E-state index in [-0.39, 0.29) is 11.5 Å². The van der Waals surface area contributed by atoms with Crippen molar-refractivity contribution in [3.63, 3.8) is 0 Å². The number of amides is 1. The molecule has 0 unspecified atom stereocenters. The second kappa shape index (κ2) is 6.50. The van der Waals surface area contributed by atoms with Gasteiger partial charge < -0.3 is 9.64 Å². The number of hydrogen-bond acceptors (Lipinski definition) is 3. The summed E-state index contributed by atoms with van der Waals surface area (Å²) >= 11 is 0. The summed E-state index contributed by atoms with van der Waals surface area (Å²) < 4.78 is 5.45. The van der Waals surface area contributed by atoms with Gasteiger partial charge in [0.2, 0.25) is 0 Å². The Bertz CT molecular complexity index is 547. The molecule has 0 spiro atoms. The van der Waals surface area contributed by atoms with E-state index in [1.54, 1.807) is 0 Å². The van der Waals surface area contributed by atoms with Crippen molar-refractivity contribution >= 4 is 6.09 Å². The number of rotatable bonds is 1. The van der Waals surface area contributed by atoms with E-state index in [4.69, 9.17) is 9.72 Å². The van der Waals surface area contributed by atoms with E-state index >= 15 is 0 Å². The van der Waals surface area contributed by atoms with Crippen molar-refractivity contribution in [2.24, 2.45) is 0 Å². The van der Waals surface area contributed by atoms with Crippen molar-refractivity contribution in [1.82, 2.24) is 9.88 Å². The number of piperidine rings is 1. The topological polar surface area (TPSA) is 42.4 Å². The highest BCUT2D eigenvalue weighted by molar-refractivity contribution is 5.68. The predicted octanol–water partition coefficient (Wildman–Crippen LogP) is 4.49. The van der Waals surface area contributed by atoms with Gasteiger partial charge in [0.25, 0.3) is 0 Å². The van der Waals surface area contributed by atoms with Gasteiger partial charge in [0.15, 0.2) is 0 Å². The Morgan fingerprint density at radius 3 is 2.26 bits per heavy atom. The first-order valence-corrected chi connectivity index (χ1v) is 8.51. The quantitative estimate of drug-likeness (QED) is 0.766. The predicted molar refractivity (Wildman–Crippen MR) is 92.7 cm³/mol. The molecular formula is C19H30N2O2. The molecule has 0 saturated carbocycles. The second-order valence-corrected chi connectivity index (χ2v) is 8.44. The van der Waals surface area contributed by atoms with Crippen LogP contribution in [0, 0.1) is 0 Å². The standard InChI is InChI=1S/C19H30N2O2/c1-18(2,3)16-9-7-8-15(20-16)14-10-12-21(13-11-14)17(22)23-19(4,5)6/h7-9,14H,10-13H2,1-6H3. The van der Waals surface area contributed by atoms with Crippen molar-refractivity contribution < 1.29 is 9.53 Å². The Hall–Kier alpha value is -1.58. The molecule has 0 aromatic carbocycles. The van der Waals surface area contributed by atoms with Gasteiger partial charge in [0.1, 0.15) is 5.60 Å². The highest BCUT2D eigenvalue weighted by Crippen LogP contribution is 2.29. The number of pyridine rings is 1. The molecule has 4 heteroatoms. The zero-order valence-corrected chi connectivity index (χ0v) is 15.3. The molecule has 0 aliphatic carbocycles. The van der Waals surface area contributed by atoms with Crippen LogP contribution in [0.25, 0.3) is 0 Å². The highest BCUT2D eigenvalue weighted by Gasteiger charge is 2.28. The average molecular weight is 318 g/mol. The fourth-order valence-electron chi connectivity index (χ4n) is 2.78. The molecule has 0 bridgehead atoms. The summed E-state index contributed by atoms with van der Waals surface area (Å²) in [7, 11) is 0. The van der Waals surface area contributed by atoms with Crippen LogP contribution in [0.15, 0.2) is 18.2 Å².